The van der Waals surface area contributed by atoms with Gasteiger partial charge in [0, 0.05) is 21.7 Å². The van der Waals surface area contributed by atoms with Crippen molar-refractivity contribution < 1.29 is 14.3 Å². The number of carbonyl (C=O) groups is 1. The van der Waals surface area contributed by atoms with E-state index in [1.54, 1.807) is 31.4 Å². The van der Waals surface area contributed by atoms with Crippen LogP contribution in [-0.2, 0) is 6.61 Å². The van der Waals surface area contributed by atoms with Crippen LogP contribution in [0.1, 0.15) is 34.5 Å². The summed E-state index contributed by atoms with van der Waals surface area (Å²) >= 11 is 6.14. The van der Waals surface area contributed by atoms with Gasteiger partial charge in [-0.3, -0.25) is 4.79 Å². The molecular formula is C23H22ClNO3. The van der Waals surface area contributed by atoms with Gasteiger partial charge in [-0.2, -0.15) is 0 Å². The molecule has 0 radical (unpaired) electrons. The number of hydrogen-bond acceptors (Lipinski definition) is 3. The first kappa shape index (κ1) is 19.8. The summed E-state index contributed by atoms with van der Waals surface area (Å²) < 4.78 is 11.1. The normalized spacial score (nSPS) is 11.5. The highest BCUT2D eigenvalue weighted by Crippen LogP contribution is 2.25. The molecule has 0 aliphatic rings. The topological polar surface area (TPSA) is 47.6 Å². The molecule has 0 unspecified atom stereocenters. The summed E-state index contributed by atoms with van der Waals surface area (Å²) in [5, 5.41) is 3.66. The second-order valence-corrected chi connectivity index (χ2v) is 6.75. The summed E-state index contributed by atoms with van der Waals surface area (Å²) in [5.41, 5.74) is 2.40. The van der Waals surface area contributed by atoms with Crippen LogP contribution in [-0.4, -0.2) is 13.0 Å². The average molecular weight is 396 g/mol. The van der Waals surface area contributed by atoms with E-state index in [-0.39, 0.29) is 11.9 Å². The zero-order valence-electron chi connectivity index (χ0n) is 15.8. The molecule has 1 atom stereocenters. The van der Waals surface area contributed by atoms with E-state index >= 15 is 0 Å². The average Bonchev–Trinajstić information content (AvgIpc) is 2.73. The fraction of sp³-hybridized carbons (Fsp3) is 0.174. The number of halogens is 1. The molecule has 0 bridgehead atoms. The van der Waals surface area contributed by atoms with Gasteiger partial charge in [-0.25, -0.2) is 0 Å². The first-order chi connectivity index (χ1) is 13.6. The summed E-state index contributed by atoms with van der Waals surface area (Å²) in [6.07, 6.45) is 0. The van der Waals surface area contributed by atoms with Gasteiger partial charge in [0.25, 0.3) is 5.91 Å². The predicted octanol–water partition coefficient (Wildman–Crippen LogP) is 5.42. The Labute approximate surface area is 170 Å². The van der Waals surface area contributed by atoms with E-state index in [0.717, 1.165) is 16.9 Å². The van der Waals surface area contributed by atoms with Crippen molar-refractivity contribution >= 4 is 17.5 Å². The van der Waals surface area contributed by atoms with Crippen LogP contribution in [0.5, 0.6) is 11.5 Å². The van der Waals surface area contributed by atoms with Gasteiger partial charge in [-0.15, -0.1) is 0 Å². The molecule has 0 saturated heterocycles. The lowest BCUT2D eigenvalue weighted by Gasteiger charge is -2.17. The number of amides is 1. The zero-order valence-corrected chi connectivity index (χ0v) is 16.6. The number of ether oxygens (including phenoxy) is 2. The monoisotopic (exact) mass is 395 g/mol. The molecule has 3 rings (SSSR count). The molecule has 5 heteroatoms. The quantitative estimate of drug-likeness (QED) is 0.581. The second-order valence-electron chi connectivity index (χ2n) is 6.34. The first-order valence-corrected chi connectivity index (χ1v) is 9.36. The largest absolute Gasteiger partial charge is 0.496 e. The van der Waals surface area contributed by atoms with Crippen LogP contribution >= 0.6 is 11.6 Å². The van der Waals surface area contributed by atoms with Crippen LogP contribution in [0.15, 0.2) is 72.8 Å². The van der Waals surface area contributed by atoms with Gasteiger partial charge in [0.2, 0.25) is 0 Å². The van der Waals surface area contributed by atoms with Crippen molar-refractivity contribution in [3.05, 3.63) is 94.5 Å². The van der Waals surface area contributed by atoms with Gasteiger partial charge in [0.1, 0.15) is 18.1 Å². The van der Waals surface area contributed by atoms with Crippen molar-refractivity contribution in [1.29, 1.82) is 0 Å². The molecule has 1 N–H and O–H groups in total. The Morgan fingerprint density at radius 1 is 1.00 bits per heavy atom. The van der Waals surface area contributed by atoms with Crippen molar-refractivity contribution in [2.24, 2.45) is 0 Å². The molecule has 4 nitrogen and oxygen atoms in total. The number of para-hydroxylation sites is 1. The smallest absolute Gasteiger partial charge is 0.251 e. The summed E-state index contributed by atoms with van der Waals surface area (Å²) in [6, 6.07) is 22.0. The molecule has 0 aliphatic carbocycles. The summed E-state index contributed by atoms with van der Waals surface area (Å²) in [5.74, 6) is 1.27. The standard InChI is InChI=1S/C23H22ClNO3/c1-16(20-8-4-6-10-22(20)27-2)25-23(26)17-11-13-19(14-12-17)28-15-18-7-3-5-9-21(18)24/h3-14,16H,15H2,1-2H3,(H,25,26)/t16-/m1/s1. The molecule has 3 aromatic rings. The maximum atomic E-state index is 12.6. The van der Waals surface area contributed by atoms with E-state index in [1.165, 1.54) is 0 Å². The Bertz CT molecular complexity index is 941. The lowest BCUT2D eigenvalue weighted by Crippen LogP contribution is -2.26. The number of methoxy groups -OCH3 is 1. The Morgan fingerprint density at radius 2 is 1.68 bits per heavy atom. The second kappa shape index (κ2) is 9.29. The van der Waals surface area contributed by atoms with Crippen LogP contribution in [0, 0.1) is 0 Å². The summed E-state index contributed by atoms with van der Waals surface area (Å²) in [4.78, 5) is 12.6. The minimum atomic E-state index is -0.181. The van der Waals surface area contributed by atoms with Crippen molar-refractivity contribution in [2.45, 2.75) is 19.6 Å². The van der Waals surface area contributed by atoms with Crippen LogP contribution < -0.4 is 14.8 Å². The fourth-order valence-electron chi connectivity index (χ4n) is 2.86. The highest BCUT2D eigenvalue weighted by Gasteiger charge is 2.15. The van der Waals surface area contributed by atoms with Crippen LogP contribution in [0.3, 0.4) is 0 Å². The number of hydrogen-bond donors (Lipinski definition) is 1. The lowest BCUT2D eigenvalue weighted by atomic mass is 10.1. The molecule has 3 aromatic carbocycles. The SMILES string of the molecule is COc1ccccc1[C@@H](C)NC(=O)c1ccc(OCc2ccccc2Cl)cc1. The van der Waals surface area contributed by atoms with Crippen molar-refractivity contribution in [2.75, 3.05) is 7.11 Å². The lowest BCUT2D eigenvalue weighted by molar-refractivity contribution is 0.0939. The summed E-state index contributed by atoms with van der Waals surface area (Å²) in [6.45, 7) is 2.30. The highest BCUT2D eigenvalue weighted by atomic mass is 35.5. The molecule has 0 aliphatic heterocycles. The van der Waals surface area contributed by atoms with E-state index < -0.39 is 0 Å². The minimum absolute atomic E-state index is 0.156. The van der Waals surface area contributed by atoms with Crippen LogP contribution in [0.25, 0.3) is 0 Å². The molecule has 0 heterocycles. The van der Waals surface area contributed by atoms with Gasteiger partial charge < -0.3 is 14.8 Å². The Kier molecular flexibility index (Phi) is 6.56. The third-order valence-corrected chi connectivity index (χ3v) is 4.79. The van der Waals surface area contributed by atoms with Crippen LogP contribution in [0.4, 0.5) is 0 Å². The molecule has 0 saturated carbocycles. The van der Waals surface area contributed by atoms with E-state index in [1.807, 2.05) is 55.5 Å². The van der Waals surface area contributed by atoms with Crippen LogP contribution in [0.2, 0.25) is 5.02 Å². The fourth-order valence-corrected chi connectivity index (χ4v) is 3.05. The minimum Gasteiger partial charge on any atom is -0.496 e. The first-order valence-electron chi connectivity index (χ1n) is 8.98. The third kappa shape index (κ3) is 4.84. The molecule has 0 spiro atoms. The van der Waals surface area contributed by atoms with Gasteiger partial charge in [-0.05, 0) is 43.3 Å². The van der Waals surface area contributed by atoms with Gasteiger partial charge in [0.15, 0.2) is 0 Å². The van der Waals surface area contributed by atoms with E-state index in [9.17, 15) is 4.79 Å². The molecule has 28 heavy (non-hydrogen) atoms. The molecular weight excluding hydrogens is 374 g/mol. The van der Waals surface area contributed by atoms with Gasteiger partial charge >= 0.3 is 0 Å². The maximum absolute atomic E-state index is 12.6. The highest BCUT2D eigenvalue weighted by molar-refractivity contribution is 6.31. The van der Waals surface area contributed by atoms with E-state index in [2.05, 4.69) is 5.32 Å². The maximum Gasteiger partial charge on any atom is 0.251 e. The van der Waals surface area contributed by atoms with E-state index in [4.69, 9.17) is 21.1 Å². The number of benzene rings is 3. The molecule has 0 fully saturated rings. The van der Waals surface area contributed by atoms with Gasteiger partial charge in [0.05, 0.1) is 13.2 Å². The predicted molar refractivity (Wildman–Crippen MR) is 111 cm³/mol. The van der Waals surface area contributed by atoms with Crippen molar-refractivity contribution in [3.63, 3.8) is 0 Å². The van der Waals surface area contributed by atoms with Gasteiger partial charge in [-0.1, -0.05) is 48.0 Å². The van der Waals surface area contributed by atoms with Crippen molar-refractivity contribution in [3.8, 4) is 11.5 Å². The van der Waals surface area contributed by atoms with E-state index in [0.29, 0.717) is 22.9 Å². The molecule has 144 valence electrons. The molecule has 0 aromatic heterocycles. The Morgan fingerprint density at radius 3 is 2.39 bits per heavy atom. The third-order valence-electron chi connectivity index (χ3n) is 4.42. The molecule has 1 amide bonds. The Hall–Kier alpha value is -2.98. The zero-order chi connectivity index (χ0) is 19.9. The Balaban J connectivity index is 1.61. The summed E-state index contributed by atoms with van der Waals surface area (Å²) in [7, 11) is 1.62. The number of nitrogens with one attached hydrogen (secondary N) is 1. The van der Waals surface area contributed by atoms with Crippen molar-refractivity contribution in [1.82, 2.24) is 5.32 Å². The number of carbonyl (C=O) groups excluding carboxylic acids is 1. The number of rotatable bonds is 7.